The first-order valence-electron chi connectivity index (χ1n) is 9.58. The number of amides is 2. The fourth-order valence-corrected chi connectivity index (χ4v) is 4.36. The quantitative estimate of drug-likeness (QED) is 0.676. The SMILES string of the molecule is CCc1nc(C(=O)N2CCC(NC(=O)c3cnc4n[nH]nc4c3)C(C)(C)C2)cs1. The van der Waals surface area contributed by atoms with Gasteiger partial charge in [0, 0.05) is 36.1 Å². The van der Waals surface area contributed by atoms with Crippen LogP contribution in [0.2, 0.25) is 0 Å². The highest BCUT2D eigenvalue weighted by Crippen LogP contribution is 2.30. The molecule has 4 rings (SSSR count). The standard InChI is InChI=1S/C19H23N7O2S/c1-4-15-21-13(9-29-15)18(28)26-6-5-14(19(2,3)10-26)22-17(27)11-7-12-16(20-8-11)24-25-23-12/h7-9,14H,4-6,10H2,1-3H3,(H,22,27)(H,20,23,24,25). The van der Waals surface area contributed by atoms with Gasteiger partial charge < -0.3 is 10.2 Å². The van der Waals surface area contributed by atoms with Crippen molar-refractivity contribution in [1.82, 2.24) is 35.6 Å². The van der Waals surface area contributed by atoms with Crippen molar-refractivity contribution < 1.29 is 9.59 Å². The summed E-state index contributed by atoms with van der Waals surface area (Å²) in [5.41, 5.74) is 1.69. The molecule has 0 radical (unpaired) electrons. The molecule has 3 aromatic rings. The number of carbonyl (C=O) groups is 2. The molecular formula is C19H23N7O2S. The minimum Gasteiger partial charge on any atom is -0.349 e. The molecule has 0 spiro atoms. The number of piperidine rings is 1. The highest BCUT2D eigenvalue weighted by atomic mass is 32.1. The monoisotopic (exact) mass is 413 g/mol. The van der Waals surface area contributed by atoms with Crippen LogP contribution in [0.5, 0.6) is 0 Å². The van der Waals surface area contributed by atoms with Gasteiger partial charge in [0.1, 0.15) is 11.2 Å². The lowest BCUT2D eigenvalue weighted by Gasteiger charge is -2.44. The molecule has 4 heterocycles. The predicted octanol–water partition coefficient (Wildman–Crippen LogP) is 2.04. The molecule has 1 aliphatic rings. The number of fused-ring (bicyclic) bond motifs is 1. The Hall–Kier alpha value is -2.88. The van der Waals surface area contributed by atoms with Crippen molar-refractivity contribution in [3.63, 3.8) is 0 Å². The zero-order valence-electron chi connectivity index (χ0n) is 16.6. The second-order valence-electron chi connectivity index (χ2n) is 7.90. The molecule has 10 heteroatoms. The summed E-state index contributed by atoms with van der Waals surface area (Å²) >= 11 is 1.52. The fourth-order valence-electron chi connectivity index (χ4n) is 3.64. The number of aromatic amines is 1. The number of carbonyl (C=O) groups excluding carboxylic acids is 2. The maximum atomic E-state index is 12.8. The first-order chi connectivity index (χ1) is 13.9. The minimum absolute atomic E-state index is 0.0421. The van der Waals surface area contributed by atoms with Crippen LogP contribution >= 0.6 is 11.3 Å². The Morgan fingerprint density at radius 2 is 2.21 bits per heavy atom. The van der Waals surface area contributed by atoms with Crippen molar-refractivity contribution in [2.75, 3.05) is 13.1 Å². The van der Waals surface area contributed by atoms with Gasteiger partial charge in [-0.05, 0) is 18.9 Å². The Kier molecular flexibility index (Phi) is 5.03. The van der Waals surface area contributed by atoms with E-state index in [-0.39, 0.29) is 23.3 Å². The molecule has 3 aromatic heterocycles. The molecule has 2 amide bonds. The Morgan fingerprint density at radius 3 is 2.93 bits per heavy atom. The van der Waals surface area contributed by atoms with E-state index in [0.29, 0.717) is 41.9 Å². The summed E-state index contributed by atoms with van der Waals surface area (Å²) < 4.78 is 0. The Balaban J connectivity index is 1.43. The third kappa shape index (κ3) is 3.84. The number of aromatic nitrogens is 5. The van der Waals surface area contributed by atoms with Crippen molar-refractivity contribution in [3.05, 3.63) is 33.9 Å². The van der Waals surface area contributed by atoms with Crippen molar-refractivity contribution >= 4 is 34.3 Å². The number of pyridine rings is 1. The summed E-state index contributed by atoms with van der Waals surface area (Å²) in [7, 11) is 0. The van der Waals surface area contributed by atoms with Gasteiger partial charge in [0.2, 0.25) is 5.65 Å². The summed E-state index contributed by atoms with van der Waals surface area (Å²) in [5, 5.41) is 16.3. The average molecular weight is 414 g/mol. The van der Waals surface area contributed by atoms with Crippen LogP contribution in [0, 0.1) is 5.41 Å². The lowest BCUT2D eigenvalue weighted by molar-refractivity contribution is 0.0462. The van der Waals surface area contributed by atoms with Crippen LogP contribution in [0.4, 0.5) is 0 Å². The summed E-state index contributed by atoms with van der Waals surface area (Å²) in [4.78, 5) is 36.0. The predicted molar refractivity (Wildman–Crippen MR) is 109 cm³/mol. The molecule has 1 saturated heterocycles. The molecule has 0 bridgehead atoms. The van der Waals surface area contributed by atoms with Gasteiger partial charge in [0.05, 0.1) is 10.6 Å². The molecule has 9 nitrogen and oxygen atoms in total. The molecule has 0 saturated carbocycles. The van der Waals surface area contributed by atoms with E-state index in [1.165, 1.54) is 17.5 Å². The molecule has 1 unspecified atom stereocenters. The number of likely N-dealkylation sites (tertiary alicyclic amines) is 1. The Morgan fingerprint density at radius 1 is 1.38 bits per heavy atom. The number of hydrogen-bond donors (Lipinski definition) is 2. The normalized spacial score (nSPS) is 18.7. The van der Waals surface area contributed by atoms with Crippen LogP contribution < -0.4 is 5.32 Å². The van der Waals surface area contributed by atoms with E-state index in [1.807, 2.05) is 17.2 Å². The summed E-state index contributed by atoms with van der Waals surface area (Å²) in [6, 6.07) is 1.61. The van der Waals surface area contributed by atoms with Gasteiger partial charge in [-0.1, -0.05) is 20.8 Å². The molecule has 1 aliphatic heterocycles. The first kappa shape index (κ1) is 19.4. The third-order valence-electron chi connectivity index (χ3n) is 5.33. The zero-order valence-corrected chi connectivity index (χ0v) is 17.4. The Bertz CT molecular complexity index is 1060. The van der Waals surface area contributed by atoms with Gasteiger partial charge in [-0.3, -0.25) is 9.59 Å². The lowest BCUT2D eigenvalue weighted by Crippen LogP contribution is -2.56. The largest absolute Gasteiger partial charge is 0.349 e. The molecule has 152 valence electrons. The van der Waals surface area contributed by atoms with E-state index in [2.05, 4.69) is 44.5 Å². The number of rotatable bonds is 4. The van der Waals surface area contributed by atoms with Crippen LogP contribution in [0.15, 0.2) is 17.6 Å². The molecule has 2 N–H and O–H groups in total. The van der Waals surface area contributed by atoms with Gasteiger partial charge in [-0.15, -0.1) is 16.4 Å². The third-order valence-corrected chi connectivity index (χ3v) is 6.32. The van der Waals surface area contributed by atoms with Crippen LogP contribution in [-0.2, 0) is 6.42 Å². The van der Waals surface area contributed by atoms with Gasteiger partial charge in [0.15, 0.2) is 0 Å². The number of nitrogens with one attached hydrogen (secondary N) is 2. The number of thiazole rings is 1. The van der Waals surface area contributed by atoms with Crippen molar-refractivity contribution in [3.8, 4) is 0 Å². The second-order valence-corrected chi connectivity index (χ2v) is 8.84. The zero-order chi connectivity index (χ0) is 20.6. The smallest absolute Gasteiger partial charge is 0.273 e. The molecule has 0 aliphatic carbocycles. The number of aryl methyl sites for hydroxylation is 1. The van der Waals surface area contributed by atoms with Gasteiger partial charge in [-0.25, -0.2) is 9.97 Å². The average Bonchev–Trinajstić information content (AvgIpc) is 3.37. The molecular weight excluding hydrogens is 390 g/mol. The van der Waals surface area contributed by atoms with E-state index in [4.69, 9.17) is 0 Å². The number of nitrogens with zero attached hydrogens (tertiary/aromatic N) is 5. The second kappa shape index (κ2) is 7.51. The minimum atomic E-state index is -0.279. The van der Waals surface area contributed by atoms with Crippen molar-refractivity contribution in [2.24, 2.45) is 5.41 Å². The Labute approximate surface area is 171 Å². The van der Waals surface area contributed by atoms with Crippen LogP contribution in [0.25, 0.3) is 11.2 Å². The first-order valence-corrected chi connectivity index (χ1v) is 10.5. The van der Waals surface area contributed by atoms with E-state index in [9.17, 15) is 9.59 Å². The van der Waals surface area contributed by atoms with Gasteiger partial charge >= 0.3 is 0 Å². The van der Waals surface area contributed by atoms with Gasteiger partial charge in [-0.2, -0.15) is 10.3 Å². The van der Waals surface area contributed by atoms with E-state index in [1.54, 1.807) is 6.07 Å². The maximum Gasteiger partial charge on any atom is 0.273 e. The van der Waals surface area contributed by atoms with Crippen LogP contribution in [-0.4, -0.2) is 61.2 Å². The van der Waals surface area contributed by atoms with Gasteiger partial charge in [0.25, 0.3) is 11.8 Å². The van der Waals surface area contributed by atoms with Crippen molar-refractivity contribution in [2.45, 2.75) is 39.7 Å². The summed E-state index contributed by atoms with van der Waals surface area (Å²) in [5.74, 6) is -0.244. The molecule has 1 fully saturated rings. The maximum absolute atomic E-state index is 12.8. The van der Waals surface area contributed by atoms with Crippen LogP contribution in [0.1, 0.15) is 53.0 Å². The molecule has 0 aromatic carbocycles. The van der Waals surface area contributed by atoms with E-state index in [0.717, 1.165) is 11.4 Å². The summed E-state index contributed by atoms with van der Waals surface area (Å²) in [6.07, 6.45) is 3.00. The number of H-pyrrole nitrogens is 1. The highest BCUT2D eigenvalue weighted by Gasteiger charge is 2.39. The molecule has 1 atom stereocenters. The van der Waals surface area contributed by atoms with E-state index < -0.39 is 0 Å². The number of hydrogen-bond acceptors (Lipinski definition) is 7. The van der Waals surface area contributed by atoms with Crippen LogP contribution in [0.3, 0.4) is 0 Å². The lowest BCUT2D eigenvalue weighted by atomic mass is 9.79. The topological polar surface area (TPSA) is 117 Å². The highest BCUT2D eigenvalue weighted by molar-refractivity contribution is 7.09. The van der Waals surface area contributed by atoms with E-state index >= 15 is 0 Å². The summed E-state index contributed by atoms with van der Waals surface area (Å²) in [6.45, 7) is 7.29. The molecule has 29 heavy (non-hydrogen) atoms. The van der Waals surface area contributed by atoms with Crippen molar-refractivity contribution in [1.29, 1.82) is 0 Å². The fraction of sp³-hybridized carbons (Fsp3) is 0.474.